The van der Waals surface area contributed by atoms with Gasteiger partial charge in [-0.2, -0.15) is 5.10 Å². The van der Waals surface area contributed by atoms with Gasteiger partial charge in [0.25, 0.3) is 5.91 Å². The molecule has 3 aromatic rings. The van der Waals surface area contributed by atoms with Crippen LogP contribution in [0.25, 0.3) is 0 Å². The van der Waals surface area contributed by atoms with E-state index in [1.165, 1.54) is 0 Å². The number of nitrogens with one attached hydrogen (secondary N) is 1. The molecule has 0 unspecified atom stereocenters. The Morgan fingerprint density at radius 2 is 1.97 bits per heavy atom. The molecular weight excluding hydrogens is 376 g/mol. The molecule has 1 aromatic heterocycles. The number of amides is 1. The fraction of sp³-hybridized carbons (Fsp3) is 0.208. The van der Waals surface area contributed by atoms with Gasteiger partial charge in [0.05, 0.1) is 11.4 Å². The lowest BCUT2D eigenvalue weighted by molar-refractivity contribution is 0.0951. The average Bonchev–Trinajstić information content (AvgIpc) is 3.23. The lowest BCUT2D eigenvalue weighted by atomic mass is 10.1. The van der Waals surface area contributed by atoms with Crippen LogP contribution in [0.2, 0.25) is 0 Å². The van der Waals surface area contributed by atoms with Crippen LogP contribution in [-0.4, -0.2) is 23.1 Å². The third-order valence-electron chi connectivity index (χ3n) is 4.87. The van der Waals surface area contributed by atoms with Gasteiger partial charge < -0.3 is 10.1 Å². The monoisotopic (exact) mass is 400 g/mol. The standard InChI is InChI=1S/C24H24N4O2/c1-18-12-14-28(27-18)22-10-8-20(9-11-22)24(29)26-16-19-5-4-7-23(15-19)30-17-21-6-2-3-13-25-21/h2-11,13,15H,12,14,16-17H2,1H3,(H,26,29). The number of nitrogens with zero attached hydrogens (tertiary/aromatic N) is 3. The summed E-state index contributed by atoms with van der Waals surface area (Å²) in [6.45, 7) is 3.75. The van der Waals surface area contributed by atoms with Crippen molar-refractivity contribution in [2.75, 3.05) is 11.6 Å². The Morgan fingerprint density at radius 1 is 1.10 bits per heavy atom. The van der Waals surface area contributed by atoms with Crippen molar-refractivity contribution in [2.24, 2.45) is 5.10 Å². The molecule has 1 aliphatic rings. The average molecular weight is 400 g/mol. The molecule has 0 radical (unpaired) electrons. The van der Waals surface area contributed by atoms with Crippen LogP contribution < -0.4 is 15.1 Å². The van der Waals surface area contributed by atoms with Crippen LogP contribution >= 0.6 is 0 Å². The molecule has 0 atom stereocenters. The van der Waals surface area contributed by atoms with E-state index in [-0.39, 0.29) is 5.91 Å². The summed E-state index contributed by atoms with van der Waals surface area (Å²) in [5, 5.41) is 9.42. The summed E-state index contributed by atoms with van der Waals surface area (Å²) in [6.07, 6.45) is 2.73. The first-order valence-electron chi connectivity index (χ1n) is 9.99. The summed E-state index contributed by atoms with van der Waals surface area (Å²) < 4.78 is 5.80. The second-order valence-electron chi connectivity index (χ2n) is 7.20. The summed E-state index contributed by atoms with van der Waals surface area (Å²) in [4.78, 5) is 16.8. The van der Waals surface area contributed by atoms with E-state index in [0.717, 1.165) is 41.4 Å². The highest BCUT2D eigenvalue weighted by atomic mass is 16.5. The van der Waals surface area contributed by atoms with Crippen LogP contribution in [0, 0.1) is 0 Å². The molecule has 1 amide bonds. The summed E-state index contributed by atoms with van der Waals surface area (Å²) in [5.41, 5.74) is 4.60. The predicted molar refractivity (Wildman–Crippen MR) is 118 cm³/mol. The molecule has 1 aliphatic heterocycles. The molecule has 1 N–H and O–H groups in total. The minimum Gasteiger partial charge on any atom is -0.487 e. The Labute approximate surface area is 176 Å². The van der Waals surface area contributed by atoms with Gasteiger partial charge in [0.2, 0.25) is 0 Å². The lowest BCUT2D eigenvalue weighted by Crippen LogP contribution is -2.23. The van der Waals surface area contributed by atoms with E-state index < -0.39 is 0 Å². The highest BCUT2D eigenvalue weighted by molar-refractivity contribution is 5.94. The Kier molecular flexibility index (Phi) is 6.03. The molecule has 6 nitrogen and oxygen atoms in total. The summed E-state index contributed by atoms with van der Waals surface area (Å²) in [5.74, 6) is 0.640. The molecule has 0 saturated carbocycles. The molecule has 152 valence electrons. The molecule has 0 saturated heterocycles. The smallest absolute Gasteiger partial charge is 0.251 e. The molecule has 0 aliphatic carbocycles. The zero-order valence-corrected chi connectivity index (χ0v) is 16.9. The molecule has 0 fully saturated rings. The van der Waals surface area contributed by atoms with E-state index >= 15 is 0 Å². The van der Waals surface area contributed by atoms with E-state index in [2.05, 4.69) is 15.4 Å². The van der Waals surface area contributed by atoms with Gasteiger partial charge in [0.15, 0.2) is 0 Å². The van der Waals surface area contributed by atoms with E-state index in [4.69, 9.17) is 4.74 Å². The maximum Gasteiger partial charge on any atom is 0.251 e. The first-order valence-corrected chi connectivity index (χ1v) is 9.99. The fourth-order valence-electron chi connectivity index (χ4n) is 3.22. The summed E-state index contributed by atoms with van der Waals surface area (Å²) in [7, 11) is 0. The van der Waals surface area contributed by atoms with Crippen LogP contribution in [0.5, 0.6) is 5.75 Å². The summed E-state index contributed by atoms with van der Waals surface area (Å²) >= 11 is 0. The van der Waals surface area contributed by atoms with Crippen LogP contribution in [0.15, 0.2) is 78.0 Å². The first kappa shape index (κ1) is 19.6. The molecule has 2 aromatic carbocycles. The third-order valence-corrected chi connectivity index (χ3v) is 4.87. The molecule has 2 heterocycles. The quantitative estimate of drug-likeness (QED) is 0.646. The van der Waals surface area contributed by atoms with Crippen molar-refractivity contribution in [1.82, 2.24) is 10.3 Å². The molecule has 30 heavy (non-hydrogen) atoms. The lowest BCUT2D eigenvalue weighted by Gasteiger charge is -2.14. The number of hydrogen-bond acceptors (Lipinski definition) is 5. The van der Waals surface area contributed by atoms with Gasteiger partial charge in [-0.15, -0.1) is 0 Å². The van der Waals surface area contributed by atoms with Gasteiger partial charge in [-0.25, -0.2) is 0 Å². The number of benzene rings is 2. The number of carbonyl (C=O) groups is 1. The Bertz CT molecular complexity index is 1030. The Morgan fingerprint density at radius 3 is 2.70 bits per heavy atom. The summed E-state index contributed by atoms with van der Waals surface area (Å²) in [6, 6.07) is 21.0. The largest absolute Gasteiger partial charge is 0.487 e. The molecule has 0 spiro atoms. The minimum absolute atomic E-state index is 0.109. The fourth-order valence-corrected chi connectivity index (χ4v) is 3.22. The second-order valence-corrected chi connectivity index (χ2v) is 7.20. The maximum atomic E-state index is 12.5. The second kappa shape index (κ2) is 9.22. The van der Waals surface area contributed by atoms with E-state index in [1.54, 1.807) is 6.20 Å². The van der Waals surface area contributed by atoms with Gasteiger partial charge in [-0.1, -0.05) is 18.2 Å². The van der Waals surface area contributed by atoms with Crippen molar-refractivity contribution in [1.29, 1.82) is 0 Å². The highest BCUT2D eigenvalue weighted by Crippen LogP contribution is 2.20. The predicted octanol–water partition coefficient (Wildman–Crippen LogP) is 4.18. The highest BCUT2D eigenvalue weighted by Gasteiger charge is 2.13. The van der Waals surface area contributed by atoms with Crippen molar-refractivity contribution in [3.05, 3.63) is 89.7 Å². The number of carbonyl (C=O) groups excluding carboxylic acids is 1. The zero-order chi connectivity index (χ0) is 20.8. The van der Waals surface area contributed by atoms with Crippen molar-refractivity contribution < 1.29 is 9.53 Å². The Hall–Kier alpha value is -3.67. The number of ether oxygens (including phenoxy) is 1. The van der Waals surface area contributed by atoms with Crippen molar-refractivity contribution in [3.8, 4) is 5.75 Å². The van der Waals surface area contributed by atoms with Crippen LogP contribution in [-0.2, 0) is 13.2 Å². The van der Waals surface area contributed by atoms with E-state index in [0.29, 0.717) is 18.7 Å². The first-order chi connectivity index (χ1) is 14.7. The van der Waals surface area contributed by atoms with Crippen molar-refractivity contribution in [2.45, 2.75) is 26.5 Å². The number of aromatic nitrogens is 1. The van der Waals surface area contributed by atoms with Gasteiger partial charge in [0.1, 0.15) is 12.4 Å². The van der Waals surface area contributed by atoms with Gasteiger partial charge >= 0.3 is 0 Å². The zero-order valence-electron chi connectivity index (χ0n) is 16.9. The van der Waals surface area contributed by atoms with Crippen molar-refractivity contribution >= 4 is 17.3 Å². The number of hydrogen-bond donors (Lipinski definition) is 1. The van der Waals surface area contributed by atoms with Gasteiger partial charge in [0, 0.05) is 37.0 Å². The van der Waals surface area contributed by atoms with Gasteiger partial charge in [-0.05, 0) is 61.0 Å². The number of hydrazone groups is 1. The van der Waals surface area contributed by atoms with Crippen molar-refractivity contribution in [3.63, 3.8) is 0 Å². The van der Waals surface area contributed by atoms with E-state index in [1.807, 2.05) is 78.7 Å². The Balaban J connectivity index is 1.31. The van der Waals surface area contributed by atoms with E-state index in [9.17, 15) is 4.79 Å². The normalized spacial score (nSPS) is 13.1. The number of anilines is 1. The molecular formula is C24H24N4O2. The van der Waals surface area contributed by atoms with Crippen LogP contribution in [0.1, 0.15) is 35.0 Å². The minimum atomic E-state index is -0.109. The van der Waals surface area contributed by atoms with Crippen LogP contribution in [0.3, 0.4) is 0 Å². The van der Waals surface area contributed by atoms with Crippen LogP contribution in [0.4, 0.5) is 5.69 Å². The SMILES string of the molecule is CC1=NN(c2ccc(C(=O)NCc3cccc(OCc4ccccn4)c3)cc2)CC1. The molecule has 4 rings (SSSR count). The maximum absolute atomic E-state index is 12.5. The topological polar surface area (TPSA) is 66.8 Å². The molecule has 0 bridgehead atoms. The molecule has 6 heteroatoms. The number of pyridine rings is 1. The third kappa shape index (κ3) is 5.03. The number of rotatable bonds is 7. The van der Waals surface area contributed by atoms with Gasteiger partial charge in [-0.3, -0.25) is 14.8 Å².